The van der Waals surface area contributed by atoms with Crippen LogP contribution in [0.4, 0.5) is 0 Å². The molecule has 14 heavy (non-hydrogen) atoms. The lowest BCUT2D eigenvalue weighted by atomic mass is 9.89. The first-order valence-corrected chi connectivity index (χ1v) is 5.41. The number of hydrogen-bond acceptors (Lipinski definition) is 3. The van der Waals surface area contributed by atoms with E-state index in [9.17, 15) is 0 Å². The molecular weight excluding hydrogens is 180 g/mol. The molecule has 1 rings (SSSR count). The van der Waals surface area contributed by atoms with Gasteiger partial charge in [-0.15, -0.1) is 0 Å². The largest absolute Gasteiger partial charge is 0.376 e. The van der Waals surface area contributed by atoms with E-state index in [1.54, 1.807) is 7.11 Å². The highest BCUT2D eigenvalue weighted by Gasteiger charge is 2.40. The Balaban J connectivity index is 2.70. The molecule has 0 aromatic heterocycles. The van der Waals surface area contributed by atoms with Crippen LogP contribution in [0.1, 0.15) is 27.7 Å². The van der Waals surface area contributed by atoms with Crippen LogP contribution in [0.3, 0.4) is 0 Å². The summed E-state index contributed by atoms with van der Waals surface area (Å²) >= 11 is 0. The van der Waals surface area contributed by atoms with Crippen molar-refractivity contribution in [3.63, 3.8) is 0 Å². The van der Waals surface area contributed by atoms with Crippen molar-refractivity contribution >= 4 is 0 Å². The number of hydrogen-bond donors (Lipinski definition) is 0. The second-order valence-corrected chi connectivity index (χ2v) is 4.03. The van der Waals surface area contributed by atoms with E-state index in [4.69, 9.17) is 14.2 Å². The summed E-state index contributed by atoms with van der Waals surface area (Å²) in [5.41, 5.74) is 0. The zero-order valence-electron chi connectivity index (χ0n) is 9.82. The van der Waals surface area contributed by atoms with Gasteiger partial charge in [0.15, 0.2) is 0 Å². The van der Waals surface area contributed by atoms with Gasteiger partial charge < -0.3 is 14.2 Å². The highest BCUT2D eigenvalue weighted by molar-refractivity contribution is 4.88. The van der Waals surface area contributed by atoms with Gasteiger partial charge in [0.1, 0.15) is 6.10 Å². The summed E-state index contributed by atoms with van der Waals surface area (Å²) in [7, 11) is 1.72. The minimum absolute atomic E-state index is 0.0566. The molecule has 3 heteroatoms. The minimum atomic E-state index is 0.0566. The first kappa shape index (κ1) is 12.0. The first-order valence-electron chi connectivity index (χ1n) is 5.41. The third-order valence-electron chi connectivity index (χ3n) is 3.11. The molecule has 0 spiro atoms. The lowest BCUT2D eigenvalue weighted by molar-refractivity contribution is -0.208. The van der Waals surface area contributed by atoms with E-state index >= 15 is 0 Å². The quantitative estimate of drug-likeness (QED) is 0.699. The van der Waals surface area contributed by atoms with Crippen molar-refractivity contribution in [2.24, 2.45) is 5.92 Å². The summed E-state index contributed by atoms with van der Waals surface area (Å²) in [6, 6.07) is 0. The van der Waals surface area contributed by atoms with E-state index < -0.39 is 0 Å². The summed E-state index contributed by atoms with van der Waals surface area (Å²) in [5, 5.41) is 0. The third-order valence-corrected chi connectivity index (χ3v) is 3.11. The lowest BCUT2D eigenvalue weighted by Crippen LogP contribution is -2.53. The molecule has 3 unspecified atom stereocenters. The smallest absolute Gasteiger partial charge is 0.109 e. The standard InChI is InChI=1S/C11H22O3/c1-6-13-10-7(2)8(3)14-9(4)11(10)12-5/h7-11H,6H2,1-5H3/t7-,8?,9-,10?,11?/m0/s1. The van der Waals surface area contributed by atoms with Crippen molar-refractivity contribution in [2.75, 3.05) is 13.7 Å². The molecule has 0 aliphatic carbocycles. The zero-order valence-corrected chi connectivity index (χ0v) is 9.82. The lowest BCUT2D eigenvalue weighted by Gasteiger charge is -2.42. The van der Waals surface area contributed by atoms with Gasteiger partial charge in [0.2, 0.25) is 0 Å². The van der Waals surface area contributed by atoms with Crippen LogP contribution >= 0.6 is 0 Å². The Morgan fingerprint density at radius 1 is 1.07 bits per heavy atom. The monoisotopic (exact) mass is 202 g/mol. The van der Waals surface area contributed by atoms with E-state index in [-0.39, 0.29) is 24.4 Å². The molecular formula is C11H22O3. The molecule has 1 fully saturated rings. The molecule has 0 aromatic carbocycles. The van der Waals surface area contributed by atoms with Gasteiger partial charge in [-0.05, 0) is 20.8 Å². The van der Waals surface area contributed by atoms with Gasteiger partial charge in [-0.1, -0.05) is 6.92 Å². The van der Waals surface area contributed by atoms with Crippen LogP contribution in [0.25, 0.3) is 0 Å². The maximum absolute atomic E-state index is 5.77. The maximum Gasteiger partial charge on any atom is 0.109 e. The molecule has 1 aliphatic heterocycles. The Hall–Kier alpha value is -0.120. The Bertz CT molecular complexity index is 172. The Labute approximate surface area is 86.7 Å². The Morgan fingerprint density at radius 3 is 2.21 bits per heavy atom. The third kappa shape index (κ3) is 2.27. The van der Waals surface area contributed by atoms with Crippen molar-refractivity contribution < 1.29 is 14.2 Å². The topological polar surface area (TPSA) is 27.7 Å². The van der Waals surface area contributed by atoms with Crippen molar-refractivity contribution in [2.45, 2.75) is 52.1 Å². The summed E-state index contributed by atoms with van der Waals surface area (Å²) in [6.45, 7) is 9.04. The van der Waals surface area contributed by atoms with Gasteiger partial charge in [0, 0.05) is 19.6 Å². The number of rotatable bonds is 3. The van der Waals surface area contributed by atoms with E-state index in [0.717, 1.165) is 6.61 Å². The van der Waals surface area contributed by atoms with Crippen LogP contribution in [0, 0.1) is 5.92 Å². The van der Waals surface area contributed by atoms with E-state index in [1.807, 2.05) is 13.8 Å². The van der Waals surface area contributed by atoms with Gasteiger partial charge in [0.05, 0.1) is 18.3 Å². The fourth-order valence-corrected chi connectivity index (χ4v) is 2.14. The summed E-state index contributed by atoms with van der Waals surface area (Å²) in [4.78, 5) is 0. The van der Waals surface area contributed by atoms with Crippen LogP contribution in [0.2, 0.25) is 0 Å². The van der Waals surface area contributed by atoms with Crippen LogP contribution < -0.4 is 0 Å². The fourth-order valence-electron chi connectivity index (χ4n) is 2.14. The van der Waals surface area contributed by atoms with Gasteiger partial charge >= 0.3 is 0 Å². The number of ether oxygens (including phenoxy) is 3. The predicted octanol–water partition coefficient (Wildman–Crippen LogP) is 1.85. The average Bonchev–Trinajstić information content (AvgIpc) is 2.14. The summed E-state index contributed by atoms with van der Waals surface area (Å²) in [6.07, 6.45) is 0.570. The average molecular weight is 202 g/mol. The zero-order chi connectivity index (χ0) is 10.7. The Morgan fingerprint density at radius 2 is 1.71 bits per heavy atom. The van der Waals surface area contributed by atoms with E-state index in [2.05, 4.69) is 13.8 Å². The van der Waals surface area contributed by atoms with Gasteiger partial charge in [0.25, 0.3) is 0 Å². The molecule has 0 N–H and O–H groups in total. The molecule has 5 atom stereocenters. The Kier molecular flexibility index (Phi) is 4.35. The molecule has 0 bridgehead atoms. The van der Waals surface area contributed by atoms with Crippen LogP contribution in [0.5, 0.6) is 0 Å². The first-order chi connectivity index (χ1) is 6.61. The molecule has 0 aromatic rings. The molecule has 0 radical (unpaired) electrons. The van der Waals surface area contributed by atoms with Crippen LogP contribution in [-0.2, 0) is 14.2 Å². The van der Waals surface area contributed by atoms with Gasteiger partial charge in [-0.2, -0.15) is 0 Å². The molecule has 3 nitrogen and oxygen atoms in total. The molecule has 84 valence electrons. The van der Waals surface area contributed by atoms with E-state index in [0.29, 0.717) is 5.92 Å². The normalized spacial score (nSPS) is 43.9. The van der Waals surface area contributed by atoms with Crippen LogP contribution in [-0.4, -0.2) is 38.1 Å². The minimum Gasteiger partial charge on any atom is -0.376 e. The second kappa shape index (κ2) is 5.10. The van der Waals surface area contributed by atoms with Crippen molar-refractivity contribution in [3.05, 3.63) is 0 Å². The molecule has 1 saturated heterocycles. The van der Waals surface area contributed by atoms with Crippen molar-refractivity contribution in [1.82, 2.24) is 0 Å². The van der Waals surface area contributed by atoms with Crippen LogP contribution in [0.15, 0.2) is 0 Å². The molecule has 1 heterocycles. The van der Waals surface area contributed by atoms with Crippen molar-refractivity contribution in [1.29, 1.82) is 0 Å². The highest BCUT2D eigenvalue weighted by atomic mass is 16.6. The van der Waals surface area contributed by atoms with Gasteiger partial charge in [-0.3, -0.25) is 0 Å². The molecule has 0 amide bonds. The van der Waals surface area contributed by atoms with Gasteiger partial charge in [-0.25, -0.2) is 0 Å². The molecule has 1 aliphatic rings. The second-order valence-electron chi connectivity index (χ2n) is 4.03. The highest BCUT2D eigenvalue weighted by Crippen LogP contribution is 2.29. The number of methoxy groups -OCH3 is 1. The predicted molar refractivity (Wildman–Crippen MR) is 55.4 cm³/mol. The summed E-state index contributed by atoms with van der Waals surface area (Å²) < 4.78 is 16.9. The maximum atomic E-state index is 5.77. The summed E-state index contributed by atoms with van der Waals surface area (Å²) in [5.74, 6) is 0.385. The SMILES string of the molecule is CCOC1C(OC)[C@H](C)OC(C)[C@@H]1C. The van der Waals surface area contributed by atoms with E-state index in [1.165, 1.54) is 0 Å². The molecule has 0 saturated carbocycles. The van der Waals surface area contributed by atoms with Crippen molar-refractivity contribution in [3.8, 4) is 0 Å². The fraction of sp³-hybridized carbons (Fsp3) is 1.00.